The highest BCUT2D eigenvalue weighted by Gasteiger charge is 2.20. The number of rotatable bonds is 5. The van der Waals surface area contributed by atoms with Gasteiger partial charge in [0, 0.05) is 37.4 Å². The zero-order chi connectivity index (χ0) is 21.0. The Kier molecular flexibility index (Phi) is 6.54. The normalized spacial score (nSPS) is 14.6. The second-order valence-corrected chi connectivity index (χ2v) is 7.66. The van der Waals surface area contributed by atoms with Crippen LogP contribution in [-0.2, 0) is 4.79 Å². The molecule has 2 aromatic carbocycles. The first kappa shape index (κ1) is 20.9. The van der Waals surface area contributed by atoms with Crippen LogP contribution in [0.1, 0.15) is 27.0 Å². The van der Waals surface area contributed by atoms with Crippen molar-refractivity contribution in [1.82, 2.24) is 9.80 Å². The third kappa shape index (κ3) is 5.15. The number of nitrogens with zero attached hydrogens (tertiary/aromatic N) is 2. The van der Waals surface area contributed by atoms with Gasteiger partial charge in [0.1, 0.15) is 5.75 Å². The van der Waals surface area contributed by atoms with E-state index < -0.39 is 0 Å². The third-order valence-corrected chi connectivity index (χ3v) is 5.43. The van der Waals surface area contributed by atoms with Crippen molar-refractivity contribution >= 4 is 17.5 Å². The highest BCUT2D eigenvalue weighted by atomic mass is 16.5. The number of benzene rings is 2. The average molecular weight is 396 g/mol. The fourth-order valence-electron chi connectivity index (χ4n) is 3.37. The van der Waals surface area contributed by atoms with Crippen LogP contribution in [-0.4, -0.2) is 61.4 Å². The maximum atomic E-state index is 12.6. The second-order valence-electron chi connectivity index (χ2n) is 7.66. The van der Waals surface area contributed by atoms with E-state index in [2.05, 4.69) is 17.3 Å². The number of nitrogens with one attached hydrogen (secondary N) is 1. The predicted octanol–water partition coefficient (Wildman–Crippen LogP) is 3.02. The molecule has 6 heteroatoms. The van der Waals surface area contributed by atoms with E-state index in [-0.39, 0.29) is 18.4 Å². The monoisotopic (exact) mass is 395 g/mol. The molecule has 2 amide bonds. The molecule has 1 aliphatic rings. The van der Waals surface area contributed by atoms with Gasteiger partial charge in [-0.1, -0.05) is 12.1 Å². The lowest BCUT2D eigenvalue weighted by Crippen LogP contribution is -2.47. The Balaban J connectivity index is 1.55. The lowest BCUT2D eigenvalue weighted by Gasteiger charge is -2.32. The molecule has 0 bridgehead atoms. The Morgan fingerprint density at radius 3 is 2.21 bits per heavy atom. The molecule has 1 aliphatic heterocycles. The van der Waals surface area contributed by atoms with Gasteiger partial charge in [0.05, 0.1) is 0 Å². The predicted molar refractivity (Wildman–Crippen MR) is 115 cm³/mol. The summed E-state index contributed by atoms with van der Waals surface area (Å²) in [7, 11) is 2.06. The van der Waals surface area contributed by atoms with E-state index in [0.29, 0.717) is 11.3 Å². The van der Waals surface area contributed by atoms with Crippen molar-refractivity contribution in [3.8, 4) is 5.75 Å². The van der Waals surface area contributed by atoms with Crippen molar-refractivity contribution in [3.05, 3.63) is 58.7 Å². The van der Waals surface area contributed by atoms with E-state index in [1.54, 1.807) is 24.3 Å². The van der Waals surface area contributed by atoms with Gasteiger partial charge < -0.3 is 19.9 Å². The number of amides is 2. The van der Waals surface area contributed by atoms with Crippen LogP contribution in [0, 0.1) is 20.8 Å². The van der Waals surface area contributed by atoms with E-state index in [0.717, 1.165) is 48.6 Å². The molecule has 2 aromatic rings. The number of carbonyl (C=O) groups excluding carboxylic acids is 2. The highest BCUT2D eigenvalue weighted by Crippen LogP contribution is 2.25. The van der Waals surface area contributed by atoms with Gasteiger partial charge in [0.25, 0.3) is 11.8 Å². The lowest BCUT2D eigenvalue weighted by atomic mass is 10.1. The quantitative estimate of drug-likeness (QED) is 0.845. The van der Waals surface area contributed by atoms with Gasteiger partial charge >= 0.3 is 0 Å². The third-order valence-electron chi connectivity index (χ3n) is 5.43. The molecule has 0 saturated carbocycles. The fourth-order valence-corrected chi connectivity index (χ4v) is 3.37. The summed E-state index contributed by atoms with van der Waals surface area (Å²) in [5.74, 6) is 0.557. The molecule has 0 aliphatic carbocycles. The van der Waals surface area contributed by atoms with E-state index in [9.17, 15) is 9.59 Å². The number of piperazine rings is 1. The van der Waals surface area contributed by atoms with Crippen molar-refractivity contribution in [2.24, 2.45) is 0 Å². The maximum absolute atomic E-state index is 12.6. The molecular weight excluding hydrogens is 366 g/mol. The number of aryl methyl sites for hydroxylation is 2. The van der Waals surface area contributed by atoms with Gasteiger partial charge in [0.2, 0.25) is 0 Å². The number of anilines is 1. The smallest absolute Gasteiger partial charge is 0.262 e. The van der Waals surface area contributed by atoms with Gasteiger partial charge in [-0.05, 0) is 68.8 Å². The molecule has 1 saturated heterocycles. The van der Waals surface area contributed by atoms with Crippen molar-refractivity contribution < 1.29 is 14.3 Å². The Morgan fingerprint density at radius 2 is 1.55 bits per heavy atom. The van der Waals surface area contributed by atoms with Crippen LogP contribution < -0.4 is 10.1 Å². The van der Waals surface area contributed by atoms with Crippen LogP contribution in [0.15, 0.2) is 36.4 Å². The second kappa shape index (κ2) is 9.09. The summed E-state index contributed by atoms with van der Waals surface area (Å²) in [6.45, 7) is 9.17. The minimum atomic E-state index is -0.233. The largest absolute Gasteiger partial charge is 0.483 e. The summed E-state index contributed by atoms with van der Waals surface area (Å²) in [5, 5.41) is 2.82. The van der Waals surface area contributed by atoms with E-state index in [1.807, 2.05) is 37.8 Å². The Morgan fingerprint density at radius 1 is 0.931 bits per heavy atom. The molecule has 0 unspecified atom stereocenters. The van der Waals surface area contributed by atoms with E-state index >= 15 is 0 Å². The van der Waals surface area contributed by atoms with Crippen LogP contribution in [0.5, 0.6) is 5.75 Å². The number of ether oxygens (including phenoxy) is 1. The Bertz CT molecular complexity index is 885. The summed E-state index contributed by atoms with van der Waals surface area (Å²) < 4.78 is 5.76. The van der Waals surface area contributed by atoms with Gasteiger partial charge in [-0.2, -0.15) is 0 Å². The highest BCUT2D eigenvalue weighted by molar-refractivity contribution is 5.96. The van der Waals surface area contributed by atoms with Crippen molar-refractivity contribution in [2.75, 3.05) is 45.2 Å². The van der Waals surface area contributed by atoms with Crippen LogP contribution >= 0.6 is 0 Å². The van der Waals surface area contributed by atoms with Crippen molar-refractivity contribution in [3.63, 3.8) is 0 Å². The zero-order valence-electron chi connectivity index (χ0n) is 17.6. The number of carbonyl (C=O) groups is 2. The molecule has 0 aromatic heterocycles. The SMILES string of the molecule is Cc1ccc(C)c(OCC(=O)Nc2ccc(C(=O)N3CCN(C)CC3)cc2)c1C. The molecule has 154 valence electrons. The topological polar surface area (TPSA) is 61.9 Å². The Labute approximate surface area is 172 Å². The lowest BCUT2D eigenvalue weighted by molar-refractivity contribution is -0.118. The first-order valence-corrected chi connectivity index (χ1v) is 9.92. The first-order chi connectivity index (χ1) is 13.8. The van der Waals surface area contributed by atoms with Crippen molar-refractivity contribution in [2.45, 2.75) is 20.8 Å². The first-order valence-electron chi connectivity index (χ1n) is 9.92. The molecular formula is C23H29N3O3. The molecule has 0 spiro atoms. The molecule has 1 fully saturated rings. The summed E-state index contributed by atoms with van der Waals surface area (Å²) in [6.07, 6.45) is 0. The van der Waals surface area contributed by atoms with Crippen LogP contribution in [0.25, 0.3) is 0 Å². The van der Waals surface area contributed by atoms with Gasteiger partial charge in [-0.15, -0.1) is 0 Å². The van der Waals surface area contributed by atoms with E-state index in [1.165, 1.54) is 0 Å². The zero-order valence-corrected chi connectivity index (χ0v) is 17.6. The van der Waals surface area contributed by atoms with Gasteiger partial charge in [0.15, 0.2) is 6.61 Å². The molecule has 3 rings (SSSR count). The molecule has 0 atom stereocenters. The minimum absolute atomic E-state index is 0.0321. The maximum Gasteiger partial charge on any atom is 0.262 e. The summed E-state index contributed by atoms with van der Waals surface area (Å²) >= 11 is 0. The molecule has 0 radical (unpaired) electrons. The molecule has 29 heavy (non-hydrogen) atoms. The molecule has 6 nitrogen and oxygen atoms in total. The summed E-state index contributed by atoms with van der Waals surface area (Å²) in [6, 6.07) is 11.1. The number of likely N-dealkylation sites (N-methyl/N-ethyl adjacent to an activating group) is 1. The van der Waals surface area contributed by atoms with Gasteiger partial charge in [-0.25, -0.2) is 0 Å². The van der Waals surface area contributed by atoms with E-state index in [4.69, 9.17) is 4.74 Å². The summed E-state index contributed by atoms with van der Waals surface area (Å²) in [5.41, 5.74) is 4.46. The standard InChI is InChI=1S/C23H29N3O3/c1-16-5-6-17(2)22(18(16)3)29-15-21(27)24-20-9-7-19(8-10-20)23(28)26-13-11-25(4)12-14-26/h5-10H,11-15H2,1-4H3,(H,24,27). The number of hydrogen-bond donors (Lipinski definition) is 1. The van der Waals surface area contributed by atoms with Crippen LogP contribution in [0.4, 0.5) is 5.69 Å². The number of hydrogen-bond acceptors (Lipinski definition) is 4. The fraction of sp³-hybridized carbons (Fsp3) is 0.391. The molecule has 1 heterocycles. The minimum Gasteiger partial charge on any atom is -0.483 e. The van der Waals surface area contributed by atoms with Crippen LogP contribution in [0.3, 0.4) is 0 Å². The Hall–Kier alpha value is -2.86. The van der Waals surface area contributed by atoms with Crippen molar-refractivity contribution in [1.29, 1.82) is 0 Å². The molecule has 1 N–H and O–H groups in total. The van der Waals surface area contributed by atoms with Crippen LogP contribution in [0.2, 0.25) is 0 Å². The summed E-state index contributed by atoms with van der Waals surface area (Å²) in [4.78, 5) is 28.9. The average Bonchev–Trinajstić information content (AvgIpc) is 2.71. The van der Waals surface area contributed by atoms with Gasteiger partial charge in [-0.3, -0.25) is 9.59 Å².